The Bertz CT molecular complexity index is 1830. The summed E-state index contributed by atoms with van der Waals surface area (Å²) in [5.41, 5.74) is -0.888. The van der Waals surface area contributed by atoms with E-state index in [1.807, 2.05) is 0 Å². The second-order valence-corrected chi connectivity index (χ2v) is 11.1. The second-order valence-electron chi connectivity index (χ2n) is 10.7. The Kier molecular flexibility index (Phi) is 10.2. The van der Waals surface area contributed by atoms with E-state index in [0.717, 1.165) is 16.7 Å². The van der Waals surface area contributed by atoms with Crippen LogP contribution in [-0.2, 0) is 17.9 Å². The minimum Gasteiger partial charge on any atom is -0.493 e. The van der Waals surface area contributed by atoms with Crippen molar-refractivity contribution in [2.75, 3.05) is 33.5 Å². The first kappa shape index (κ1) is 32.9. The Morgan fingerprint density at radius 3 is 2.37 bits per heavy atom. The predicted octanol–water partition coefficient (Wildman–Crippen LogP) is 5.21. The van der Waals surface area contributed by atoms with Crippen molar-refractivity contribution in [3.63, 3.8) is 0 Å². The highest BCUT2D eigenvalue weighted by Crippen LogP contribution is 2.31. The summed E-state index contributed by atoms with van der Waals surface area (Å²) in [5.74, 6) is -1.57. The summed E-state index contributed by atoms with van der Waals surface area (Å²) < 4.78 is 74.4. The number of carbonyl (C=O) groups excluding carboxylic acids is 1. The quantitative estimate of drug-likeness (QED) is 0.153. The van der Waals surface area contributed by atoms with Gasteiger partial charge in [0.1, 0.15) is 25.8 Å². The van der Waals surface area contributed by atoms with Crippen LogP contribution >= 0.6 is 11.6 Å². The Balaban J connectivity index is 1.55. The minimum atomic E-state index is -1.57. The van der Waals surface area contributed by atoms with Crippen molar-refractivity contribution in [2.45, 2.75) is 38.1 Å². The van der Waals surface area contributed by atoms with E-state index < -0.39 is 54.1 Å². The number of carbonyl (C=O) groups is 1. The molecule has 244 valence electrons. The van der Waals surface area contributed by atoms with Gasteiger partial charge in [0.2, 0.25) is 6.41 Å². The van der Waals surface area contributed by atoms with Crippen molar-refractivity contribution in [1.29, 1.82) is 0 Å². The standard InChI is InChI=1S/C32H30ClF4N3O6/c1-44-30-11-19(5-6-28(30)45-17-23-24(33)3-2-4-25(23)36)16-39-31(42)22-12-29(46-21(14-34)15-35)26(37)13-27(22)40(32(39)43)20-7-9-38(18-41)10-8-20/h2-6,11-13,18,20-21H,7-10,14-17H2,1H3. The van der Waals surface area contributed by atoms with Crippen molar-refractivity contribution in [3.8, 4) is 17.2 Å². The van der Waals surface area contributed by atoms with Crippen LogP contribution in [0, 0.1) is 11.6 Å². The molecule has 0 N–H and O–H groups in total. The number of benzene rings is 3. The molecular weight excluding hydrogens is 634 g/mol. The van der Waals surface area contributed by atoms with Crippen LogP contribution in [0.4, 0.5) is 17.6 Å². The van der Waals surface area contributed by atoms with Crippen LogP contribution in [0.2, 0.25) is 5.02 Å². The molecule has 3 aromatic carbocycles. The van der Waals surface area contributed by atoms with E-state index in [0.29, 0.717) is 37.9 Å². The summed E-state index contributed by atoms with van der Waals surface area (Å²) >= 11 is 6.10. The topological polar surface area (TPSA) is 92.0 Å². The van der Waals surface area contributed by atoms with Crippen LogP contribution in [0.5, 0.6) is 17.2 Å². The number of hydrogen-bond acceptors (Lipinski definition) is 6. The summed E-state index contributed by atoms with van der Waals surface area (Å²) in [7, 11) is 1.39. The van der Waals surface area contributed by atoms with Crippen LogP contribution in [0.25, 0.3) is 10.9 Å². The number of aromatic nitrogens is 2. The Morgan fingerprint density at radius 2 is 1.72 bits per heavy atom. The third kappa shape index (κ3) is 6.69. The van der Waals surface area contributed by atoms with Crippen molar-refractivity contribution in [1.82, 2.24) is 14.0 Å². The van der Waals surface area contributed by atoms with Gasteiger partial charge in [-0.1, -0.05) is 23.7 Å². The number of likely N-dealkylation sites (tertiary alicyclic amines) is 1. The maximum absolute atomic E-state index is 15.2. The number of ether oxygens (including phenoxy) is 3. The number of fused-ring (bicyclic) bond motifs is 1. The Hall–Kier alpha value is -4.52. The molecule has 9 nitrogen and oxygen atoms in total. The van der Waals surface area contributed by atoms with Crippen LogP contribution in [0.1, 0.15) is 30.0 Å². The number of halogens is 5. The molecule has 14 heteroatoms. The summed E-state index contributed by atoms with van der Waals surface area (Å²) in [4.78, 5) is 40.6. The van der Waals surface area contributed by atoms with E-state index >= 15 is 4.39 Å². The number of nitrogens with zero attached hydrogens (tertiary/aromatic N) is 3. The lowest BCUT2D eigenvalue weighted by atomic mass is 10.0. The summed E-state index contributed by atoms with van der Waals surface area (Å²) in [5, 5.41) is 0.0942. The van der Waals surface area contributed by atoms with Gasteiger partial charge in [0.25, 0.3) is 5.56 Å². The summed E-state index contributed by atoms with van der Waals surface area (Å²) in [6, 6.07) is 10.5. The number of piperidine rings is 1. The lowest BCUT2D eigenvalue weighted by Gasteiger charge is -2.31. The molecule has 0 atom stereocenters. The van der Waals surface area contributed by atoms with Crippen molar-refractivity contribution in [2.24, 2.45) is 0 Å². The predicted molar refractivity (Wildman–Crippen MR) is 163 cm³/mol. The summed E-state index contributed by atoms with van der Waals surface area (Å²) in [6.45, 7) is -2.18. The number of hydrogen-bond donors (Lipinski definition) is 0. The van der Waals surface area contributed by atoms with E-state index in [1.165, 1.54) is 35.9 Å². The SMILES string of the molecule is COc1cc(Cn2c(=O)c3cc(OC(CF)CF)c(F)cc3n(C3CCN(C=O)CC3)c2=O)ccc1OCc1c(F)cccc1Cl. The zero-order valence-corrected chi connectivity index (χ0v) is 25.4. The molecule has 0 saturated carbocycles. The number of rotatable bonds is 12. The third-order valence-corrected chi connectivity index (χ3v) is 8.23. The molecule has 1 amide bonds. The molecule has 1 aliphatic heterocycles. The molecule has 0 spiro atoms. The first-order chi connectivity index (χ1) is 22.2. The van der Waals surface area contributed by atoms with Gasteiger partial charge in [-0.15, -0.1) is 0 Å². The third-order valence-electron chi connectivity index (χ3n) is 7.88. The molecule has 1 aromatic heterocycles. The molecule has 0 unspecified atom stereocenters. The van der Waals surface area contributed by atoms with Gasteiger partial charge in [-0.2, -0.15) is 0 Å². The zero-order valence-electron chi connectivity index (χ0n) is 24.7. The number of methoxy groups -OCH3 is 1. The largest absolute Gasteiger partial charge is 0.493 e. The molecule has 0 bridgehead atoms. The van der Waals surface area contributed by atoms with Crippen LogP contribution < -0.4 is 25.5 Å². The van der Waals surface area contributed by atoms with Crippen molar-refractivity contribution >= 4 is 28.9 Å². The Morgan fingerprint density at radius 1 is 0.978 bits per heavy atom. The van der Waals surface area contributed by atoms with E-state index in [1.54, 1.807) is 17.0 Å². The number of amides is 1. The van der Waals surface area contributed by atoms with Gasteiger partial charge in [0.05, 0.1) is 29.6 Å². The van der Waals surface area contributed by atoms with Gasteiger partial charge < -0.3 is 19.1 Å². The van der Waals surface area contributed by atoms with Gasteiger partial charge in [-0.25, -0.2) is 22.4 Å². The van der Waals surface area contributed by atoms with E-state index in [9.17, 15) is 27.6 Å². The van der Waals surface area contributed by atoms with E-state index in [4.69, 9.17) is 25.8 Å². The van der Waals surface area contributed by atoms with E-state index in [2.05, 4.69) is 0 Å². The molecule has 4 aromatic rings. The van der Waals surface area contributed by atoms with Crippen LogP contribution in [0.3, 0.4) is 0 Å². The molecule has 1 aliphatic rings. The molecule has 5 rings (SSSR count). The van der Waals surface area contributed by atoms with Gasteiger partial charge in [-0.05, 0) is 48.7 Å². The minimum absolute atomic E-state index is 0.00849. The highest BCUT2D eigenvalue weighted by atomic mass is 35.5. The molecule has 0 radical (unpaired) electrons. The van der Waals surface area contributed by atoms with Gasteiger partial charge >= 0.3 is 5.69 Å². The molecule has 46 heavy (non-hydrogen) atoms. The molecule has 1 saturated heterocycles. The first-order valence-corrected chi connectivity index (χ1v) is 14.8. The van der Waals surface area contributed by atoms with Crippen LogP contribution in [-0.4, -0.2) is 60.1 Å². The molecule has 0 aliphatic carbocycles. The molecule has 2 heterocycles. The normalized spacial score (nSPS) is 13.8. The maximum Gasteiger partial charge on any atom is 0.332 e. The zero-order chi connectivity index (χ0) is 33.0. The fraction of sp³-hybridized carbons (Fsp3) is 0.344. The fourth-order valence-corrected chi connectivity index (χ4v) is 5.64. The summed E-state index contributed by atoms with van der Waals surface area (Å²) in [6.07, 6.45) is -0.137. The fourth-order valence-electron chi connectivity index (χ4n) is 5.43. The number of alkyl halides is 2. The van der Waals surface area contributed by atoms with Gasteiger partial charge in [0, 0.05) is 30.8 Å². The van der Waals surface area contributed by atoms with Crippen molar-refractivity contribution in [3.05, 3.63) is 97.2 Å². The lowest BCUT2D eigenvalue weighted by Crippen LogP contribution is -2.44. The van der Waals surface area contributed by atoms with Gasteiger partial charge in [-0.3, -0.25) is 18.7 Å². The highest BCUT2D eigenvalue weighted by molar-refractivity contribution is 6.31. The monoisotopic (exact) mass is 663 g/mol. The highest BCUT2D eigenvalue weighted by Gasteiger charge is 2.26. The maximum atomic E-state index is 15.2. The second kappa shape index (κ2) is 14.3. The lowest BCUT2D eigenvalue weighted by molar-refractivity contribution is -0.119. The average Bonchev–Trinajstić information content (AvgIpc) is 3.06. The molecular formula is C32H30ClF4N3O6. The average molecular weight is 664 g/mol. The van der Waals surface area contributed by atoms with Gasteiger partial charge in [0.15, 0.2) is 29.2 Å². The first-order valence-electron chi connectivity index (χ1n) is 14.4. The van der Waals surface area contributed by atoms with E-state index in [-0.39, 0.29) is 46.1 Å². The molecule has 1 fully saturated rings. The van der Waals surface area contributed by atoms with Crippen LogP contribution in [0.15, 0.2) is 58.1 Å². The smallest absolute Gasteiger partial charge is 0.332 e. The Labute approximate surface area is 265 Å². The van der Waals surface area contributed by atoms with Crippen molar-refractivity contribution < 1.29 is 36.6 Å².